The Kier molecular flexibility index (Phi) is 3.61. The predicted molar refractivity (Wildman–Crippen MR) is 54.2 cm³/mol. The lowest BCUT2D eigenvalue weighted by molar-refractivity contribution is -0.136. The molecule has 0 aromatic heterocycles. The van der Waals surface area contributed by atoms with Crippen LogP contribution < -0.4 is 4.74 Å². The fourth-order valence-corrected chi connectivity index (χ4v) is 1.35. The number of ether oxygens (including phenoxy) is 1. The first-order valence-electron chi connectivity index (χ1n) is 3.76. The second-order valence-corrected chi connectivity index (χ2v) is 3.50. The summed E-state index contributed by atoms with van der Waals surface area (Å²) in [4.78, 5) is 10.6. The maximum absolute atomic E-state index is 10.6. The number of alkyl halides is 1. The van der Waals surface area contributed by atoms with E-state index in [1.165, 1.54) is 19.2 Å². The second-order valence-electron chi connectivity index (χ2n) is 2.63. The van der Waals surface area contributed by atoms with E-state index in [1.807, 2.05) is 0 Å². The largest absolute Gasteiger partial charge is 0.497 e. The van der Waals surface area contributed by atoms with Gasteiger partial charge in [0.1, 0.15) is 5.75 Å². The van der Waals surface area contributed by atoms with E-state index in [4.69, 9.17) is 33.0 Å². The number of carboxylic acids is 1. The van der Waals surface area contributed by atoms with Crippen LogP contribution in [0.4, 0.5) is 0 Å². The van der Waals surface area contributed by atoms with Gasteiger partial charge in [-0.15, -0.1) is 11.6 Å². The molecule has 1 N–H and O–H groups in total. The van der Waals surface area contributed by atoms with Gasteiger partial charge in [0.05, 0.1) is 7.11 Å². The van der Waals surface area contributed by atoms with E-state index in [-0.39, 0.29) is 0 Å². The Balaban J connectivity index is 3.08. The summed E-state index contributed by atoms with van der Waals surface area (Å²) in [5.41, 5.74) is 0.406. The molecule has 14 heavy (non-hydrogen) atoms. The molecule has 0 radical (unpaired) electrons. The van der Waals surface area contributed by atoms with E-state index in [0.29, 0.717) is 16.3 Å². The van der Waals surface area contributed by atoms with Crippen LogP contribution in [0.1, 0.15) is 10.9 Å². The highest BCUT2D eigenvalue weighted by atomic mass is 35.5. The Morgan fingerprint density at radius 3 is 2.64 bits per heavy atom. The van der Waals surface area contributed by atoms with E-state index in [1.54, 1.807) is 6.07 Å². The number of hydrogen-bond acceptors (Lipinski definition) is 2. The number of carboxylic acid groups (broad SMARTS) is 1. The van der Waals surface area contributed by atoms with E-state index in [0.717, 1.165) is 0 Å². The predicted octanol–water partition coefficient (Wildman–Crippen LogP) is 2.71. The molecule has 0 saturated heterocycles. The summed E-state index contributed by atoms with van der Waals surface area (Å²) in [6, 6.07) is 4.62. The summed E-state index contributed by atoms with van der Waals surface area (Å²) in [5.74, 6) is -0.629. The molecule has 76 valence electrons. The van der Waals surface area contributed by atoms with E-state index in [9.17, 15) is 4.79 Å². The highest BCUT2D eigenvalue weighted by molar-refractivity contribution is 6.32. The quantitative estimate of drug-likeness (QED) is 0.819. The lowest BCUT2D eigenvalue weighted by Gasteiger charge is -2.07. The SMILES string of the molecule is COc1cc(Cl)cc(C(Cl)C(=O)O)c1. The lowest BCUT2D eigenvalue weighted by atomic mass is 10.1. The molecule has 1 atom stereocenters. The van der Waals surface area contributed by atoms with Crippen molar-refractivity contribution in [3.05, 3.63) is 28.8 Å². The molecule has 0 spiro atoms. The average Bonchev–Trinajstić information content (AvgIpc) is 2.15. The highest BCUT2D eigenvalue weighted by Gasteiger charge is 2.17. The number of methoxy groups -OCH3 is 1. The molecule has 0 bridgehead atoms. The standard InChI is InChI=1S/C9H8Cl2O3/c1-14-7-3-5(2-6(10)4-7)8(11)9(12)13/h2-4,8H,1H3,(H,12,13). The fraction of sp³-hybridized carbons (Fsp3) is 0.222. The van der Waals surface area contributed by atoms with Crippen molar-refractivity contribution in [3.63, 3.8) is 0 Å². The third-order valence-electron chi connectivity index (χ3n) is 1.64. The molecular weight excluding hydrogens is 227 g/mol. The number of rotatable bonds is 3. The molecule has 3 nitrogen and oxygen atoms in total. The molecular formula is C9H8Cl2O3. The zero-order valence-corrected chi connectivity index (χ0v) is 8.84. The van der Waals surface area contributed by atoms with Gasteiger partial charge in [0.2, 0.25) is 0 Å². The second kappa shape index (κ2) is 4.53. The third kappa shape index (κ3) is 2.53. The molecule has 0 saturated carbocycles. The van der Waals surface area contributed by atoms with Crippen molar-refractivity contribution < 1.29 is 14.6 Å². The maximum atomic E-state index is 10.6. The van der Waals surface area contributed by atoms with Crippen LogP contribution in [0.5, 0.6) is 5.75 Å². The monoisotopic (exact) mass is 234 g/mol. The Morgan fingerprint density at radius 2 is 2.14 bits per heavy atom. The third-order valence-corrected chi connectivity index (χ3v) is 2.30. The molecule has 0 aliphatic heterocycles. The van der Waals surface area contributed by atoms with Crippen LogP contribution in [-0.2, 0) is 4.79 Å². The van der Waals surface area contributed by atoms with Gasteiger partial charge in [-0.2, -0.15) is 0 Å². The van der Waals surface area contributed by atoms with Crippen LogP contribution in [0, 0.1) is 0 Å². The van der Waals surface area contributed by atoms with Gasteiger partial charge in [-0.25, -0.2) is 0 Å². The number of aliphatic carboxylic acids is 1. The van der Waals surface area contributed by atoms with Crippen LogP contribution in [0.15, 0.2) is 18.2 Å². The van der Waals surface area contributed by atoms with Gasteiger partial charge in [0.25, 0.3) is 0 Å². The molecule has 1 rings (SSSR count). The number of carbonyl (C=O) groups is 1. The number of hydrogen-bond donors (Lipinski definition) is 1. The van der Waals surface area contributed by atoms with Crippen molar-refractivity contribution in [2.24, 2.45) is 0 Å². The van der Waals surface area contributed by atoms with Crippen LogP contribution in [0.3, 0.4) is 0 Å². The van der Waals surface area contributed by atoms with Crippen molar-refractivity contribution in [2.45, 2.75) is 5.38 Å². The van der Waals surface area contributed by atoms with E-state index < -0.39 is 11.3 Å². The minimum Gasteiger partial charge on any atom is -0.497 e. The molecule has 1 unspecified atom stereocenters. The molecule has 0 fully saturated rings. The first-order chi connectivity index (χ1) is 6.54. The van der Waals surface area contributed by atoms with Crippen LogP contribution in [-0.4, -0.2) is 18.2 Å². The summed E-state index contributed by atoms with van der Waals surface area (Å²) < 4.78 is 4.93. The molecule has 1 aromatic rings. The Morgan fingerprint density at radius 1 is 1.50 bits per heavy atom. The summed E-state index contributed by atoms with van der Waals surface area (Å²) in [7, 11) is 1.47. The molecule has 0 amide bonds. The van der Waals surface area contributed by atoms with Crippen molar-refractivity contribution in [1.82, 2.24) is 0 Å². The zero-order valence-electron chi connectivity index (χ0n) is 7.33. The normalized spacial score (nSPS) is 12.2. The summed E-state index contributed by atoms with van der Waals surface area (Å²) in [5, 5.41) is 7.96. The molecule has 0 heterocycles. The average molecular weight is 235 g/mol. The van der Waals surface area contributed by atoms with Gasteiger partial charge in [-0.05, 0) is 23.8 Å². The van der Waals surface area contributed by atoms with E-state index in [2.05, 4.69) is 0 Å². The number of halogens is 2. The summed E-state index contributed by atoms with van der Waals surface area (Å²) in [6.45, 7) is 0. The molecule has 0 aliphatic rings. The Bertz CT molecular complexity index is 352. The molecule has 5 heteroatoms. The zero-order chi connectivity index (χ0) is 10.7. The summed E-state index contributed by atoms with van der Waals surface area (Å²) >= 11 is 11.4. The smallest absolute Gasteiger partial charge is 0.326 e. The van der Waals surface area contributed by atoms with E-state index >= 15 is 0 Å². The van der Waals surface area contributed by atoms with Gasteiger partial charge >= 0.3 is 5.97 Å². The Labute approximate surface area is 91.2 Å². The first-order valence-corrected chi connectivity index (χ1v) is 4.57. The molecule has 1 aromatic carbocycles. The van der Waals surface area contributed by atoms with Gasteiger partial charge < -0.3 is 9.84 Å². The van der Waals surface area contributed by atoms with Crippen LogP contribution in [0.2, 0.25) is 5.02 Å². The van der Waals surface area contributed by atoms with Gasteiger partial charge in [-0.1, -0.05) is 11.6 Å². The first kappa shape index (κ1) is 11.1. The lowest BCUT2D eigenvalue weighted by Crippen LogP contribution is -2.05. The topological polar surface area (TPSA) is 46.5 Å². The van der Waals surface area contributed by atoms with Gasteiger partial charge in [0, 0.05) is 5.02 Å². The van der Waals surface area contributed by atoms with Crippen molar-refractivity contribution >= 4 is 29.2 Å². The minimum absolute atomic E-state index is 0.395. The Hall–Kier alpha value is -0.930. The highest BCUT2D eigenvalue weighted by Crippen LogP contribution is 2.28. The number of benzene rings is 1. The van der Waals surface area contributed by atoms with Crippen molar-refractivity contribution in [1.29, 1.82) is 0 Å². The van der Waals surface area contributed by atoms with Crippen LogP contribution >= 0.6 is 23.2 Å². The fourth-order valence-electron chi connectivity index (χ4n) is 0.991. The molecule has 0 aliphatic carbocycles. The van der Waals surface area contributed by atoms with Gasteiger partial charge in [0.15, 0.2) is 5.38 Å². The van der Waals surface area contributed by atoms with Crippen LogP contribution in [0.25, 0.3) is 0 Å². The summed E-state index contributed by atoms with van der Waals surface area (Å²) in [6.07, 6.45) is 0. The van der Waals surface area contributed by atoms with Crippen molar-refractivity contribution in [2.75, 3.05) is 7.11 Å². The minimum atomic E-state index is -1.11. The maximum Gasteiger partial charge on any atom is 0.326 e. The van der Waals surface area contributed by atoms with Crippen molar-refractivity contribution in [3.8, 4) is 5.75 Å². The van der Waals surface area contributed by atoms with Gasteiger partial charge in [-0.3, -0.25) is 4.79 Å².